The zero-order valence-electron chi connectivity index (χ0n) is 18.6. The van der Waals surface area contributed by atoms with Crippen LogP contribution in [0.4, 0.5) is 0 Å². The van der Waals surface area contributed by atoms with Gasteiger partial charge in [-0.15, -0.1) is 0 Å². The standard InChI is InChI=1S/C24H21N3O9/c25-22(33)18-15(29)5-12-3-10-4-13-9(6-26-23(34)11-7-27-36-8-11)1-2-14(28)17(13)19(30)16(10)20(31)24(12,35)21(18)32/h1-2,7-8,10,12,28,30,32,35H,3-6H2,(H2,25,33)(H,26,34)/t10-,12+,24+/m1/s1. The van der Waals surface area contributed by atoms with Gasteiger partial charge in [-0.1, -0.05) is 11.2 Å². The second-order valence-electron chi connectivity index (χ2n) is 9.10. The summed E-state index contributed by atoms with van der Waals surface area (Å²) in [5, 5.41) is 49.6. The molecule has 12 nitrogen and oxygen atoms in total. The quantitative estimate of drug-likeness (QED) is 0.320. The molecular weight excluding hydrogens is 474 g/mol. The third kappa shape index (κ3) is 3.22. The van der Waals surface area contributed by atoms with Crippen molar-refractivity contribution in [2.75, 3.05) is 0 Å². The van der Waals surface area contributed by atoms with Crippen LogP contribution in [0.25, 0.3) is 5.76 Å². The first-order chi connectivity index (χ1) is 17.1. The van der Waals surface area contributed by atoms with Gasteiger partial charge in [0, 0.05) is 24.5 Å². The Morgan fingerprint density at radius 2 is 1.94 bits per heavy atom. The third-order valence-electron chi connectivity index (χ3n) is 7.18. The molecule has 0 radical (unpaired) electrons. The van der Waals surface area contributed by atoms with Crippen LogP contribution in [-0.2, 0) is 27.3 Å². The van der Waals surface area contributed by atoms with Crippen molar-refractivity contribution in [2.24, 2.45) is 17.6 Å². The fourth-order valence-electron chi connectivity index (χ4n) is 5.45. The molecule has 0 aliphatic heterocycles. The summed E-state index contributed by atoms with van der Waals surface area (Å²) in [6.07, 6.45) is 2.18. The summed E-state index contributed by atoms with van der Waals surface area (Å²) in [6.45, 7) is 0.0211. The number of Topliss-reactive ketones (excluding diaryl/α,β-unsaturated/α-hetero) is 2. The van der Waals surface area contributed by atoms with Crippen LogP contribution in [0.5, 0.6) is 5.75 Å². The molecule has 0 saturated heterocycles. The maximum absolute atomic E-state index is 13.5. The van der Waals surface area contributed by atoms with Crippen LogP contribution in [0, 0.1) is 11.8 Å². The normalized spacial score (nSPS) is 25.2. The topological polar surface area (TPSA) is 213 Å². The van der Waals surface area contributed by atoms with Crippen molar-refractivity contribution in [3.05, 3.63) is 63.8 Å². The number of nitrogens with two attached hydrogens (primary N) is 1. The number of nitrogens with zero attached hydrogens (tertiary/aromatic N) is 1. The van der Waals surface area contributed by atoms with E-state index in [9.17, 15) is 39.6 Å². The van der Waals surface area contributed by atoms with E-state index in [0.717, 1.165) is 0 Å². The first-order valence-corrected chi connectivity index (χ1v) is 11.0. The number of benzene rings is 1. The molecule has 2 aromatic rings. The number of amides is 2. The number of phenolic OH excluding ortho intramolecular Hbond substituents is 1. The van der Waals surface area contributed by atoms with Crippen molar-refractivity contribution in [2.45, 2.75) is 31.4 Å². The van der Waals surface area contributed by atoms with Crippen molar-refractivity contribution < 1.29 is 44.1 Å². The van der Waals surface area contributed by atoms with E-state index in [1.54, 1.807) is 6.07 Å². The van der Waals surface area contributed by atoms with Gasteiger partial charge in [0.05, 0.1) is 17.3 Å². The van der Waals surface area contributed by atoms with E-state index in [4.69, 9.17) is 5.73 Å². The van der Waals surface area contributed by atoms with E-state index in [0.29, 0.717) is 11.1 Å². The Labute approximate surface area is 202 Å². The lowest BCUT2D eigenvalue weighted by atomic mass is 9.59. The Morgan fingerprint density at radius 1 is 1.19 bits per heavy atom. The van der Waals surface area contributed by atoms with Crippen molar-refractivity contribution >= 4 is 29.1 Å². The molecule has 3 atom stereocenters. The second kappa shape index (κ2) is 8.05. The minimum atomic E-state index is -2.62. The number of primary amides is 1. The molecule has 2 amide bonds. The Kier molecular flexibility index (Phi) is 5.21. The van der Waals surface area contributed by atoms with Crippen molar-refractivity contribution in [3.8, 4) is 5.75 Å². The van der Waals surface area contributed by atoms with E-state index < -0.39 is 64.3 Å². The number of carbonyl (C=O) groups excluding carboxylic acids is 4. The number of hydrogen-bond acceptors (Lipinski definition) is 10. The SMILES string of the molecule is NC(=O)C1=C(O)[C@@]2(O)C(=O)C3=C(O)c4c(O)ccc(CNC(=O)c5cnoc5)c4C[C@H]3C[C@H]2CC1=O. The first kappa shape index (κ1) is 23.3. The van der Waals surface area contributed by atoms with Crippen LogP contribution < -0.4 is 11.1 Å². The zero-order valence-corrected chi connectivity index (χ0v) is 18.6. The largest absolute Gasteiger partial charge is 0.508 e. The van der Waals surface area contributed by atoms with Gasteiger partial charge in [0.2, 0.25) is 5.78 Å². The smallest absolute Gasteiger partial charge is 0.256 e. The number of aromatic hydroxyl groups is 1. The molecule has 1 fully saturated rings. The van der Waals surface area contributed by atoms with E-state index in [2.05, 4.69) is 15.0 Å². The summed E-state index contributed by atoms with van der Waals surface area (Å²) in [6, 6.07) is 2.86. The average molecular weight is 495 g/mol. The number of phenols is 1. The Morgan fingerprint density at radius 3 is 2.61 bits per heavy atom. The third-order valence-corrected chi connectivity index (χ3v) is 7.18. The van der Waals surface area contributed by atoms with Gasteiger partial charge in [0.25, 0.3) is 11.8 Å². The maximum Gasteiger partial charge on any atom is 0.256 e. The zero-order chi connectivity index (χ0) is 25.9. The fourth-order valence-corrected chi connectivity index (χ4v) is 5.45. The first-order valence-electron chi connectivity index (χ1n) is 11.0. The summed E-state index contributed by atoms with van der Waals surface area (Å²) >= 11 is 0. The summed E-state index contributed by atoms with van der Waals surface area (Å²) in [5.41, 5.74) is 2.69. The highest BCUT2D eigenvalue weighted by molar-refractivity contribution is 6.22. The molecule has 0 spiro atoms. The molecule has 1 aromatic carbocycles. The predicted molar refractivity (Wildman–Crippen MR) is 119 cm³/mol. The van der Waals surface area contributed by atoms with Gasteiger partial charge in [-0.25, -0.2) is 0 Å². The second-order valence-corrected chi connectivity index (χ2v) is 9.10. The molecular formula is C24H21N3O9. The summed E-state index contributed by atoms with van der Waals surface area (Å²) in [5.74, 6) is -7.36. The van der Waals surface area contributed by atoms with Crippen molar-refractivity contribution in [1.82, 2.24) is 10.5 Å². The lowest BCUT2D eigenvalue weighted by molar-refractivity contribution is -0.147. The van der Waals surface area contributed by atoms with E-state index in [1.165, 1.54) is 18.5 Å². The Bertz CT molecular complexity index is 1410. The summed E-state index contributed by atoms with van der Waals surface area (Å²) in [7, 11) is 0. The van der Waals surface area contributed by atoms with Gasteiger partial charge in [-0.3, -0.25) is 19.2 Å². The lowest BCUT2D eigenvalue weighted by Gasteiger charge is -2.46. The van der Waals surface area contributed by atoms with Gasteiger partial charge >= 0.3 is 0 Å². The highest BCUT2D eigenvalue weighted by Gasteiger charge is 2.60. The van der Waals surface area contributed by atoms with Gasteiger partial charge < -0.3 is 36.0 Å². The number of hydrogen-bond donors (Lipinski definition) is 6. The van der Waals surface area contributed by atoms with E-state index in [-0.39, 0.29) is 41.8 Å². The lowest BCUT2D eigenvalue weighted by Crippen LogP contribution is -2.58. The van der Waals surface area contributed by atoms with Crippen LogP contribution >= 0.6 is 0 Å². The van der Waals surface area contributed by atoms with Crippen molar-refractivity contribution in [3.63, 3.8) is 0 Å². The van der Waals surface area contributed by atoms with Crippen LogP contribution in [-0.4, -0.2) is 54.6 Å². The Balaban J connectivity index is 1.56. The van der Waals surface area contributed by atoms with Crippen molar-refractivity contribution in [1.29, 1.82) is 0 Å². The number of nitrogens with one attached hydrogen (secondary N) is 1. The molecule has 1 heterocycles. The molecule has 0 unspecified atom stereocenters. The monoisotopic (exact) mass is 495 g/mol. The summed E-state index contributed by atoms with van der Waals surface area (Å²) < 4.78 is 4.66. The number of aliphatic hydroxyl groups excluding tert-OH is 2. The molecule has 0 bridgehead atoms. The minimum absolute atomic E-state index is 0.0189. The van der Waals surface area contributed by atoms with Gasteiger partial charge in [0.1, 0.15) is 29.1 Å². The number of fused-ring (bicyclic) bond motifs is 3. The van der Waals surface area contributed by atoms with Gasteiger partial charge in [0.15, 0.2) is 11.4 Å². The van der Waals surface area contributed by atoms with Gasteiger partial charge in [-0.05, 0) is 36.0 Å². The number of aliphatic hydroxyl groups is 3. The average Bonchev–Trinajstić information content (AvgIpc) is 3.35. The molecule has 12 heteroatoms. The van der Waals surface area contributed by atoms with Crippen LogP contribution in [0.3, 0.4) is 0 Å². The number of rotatable bonds is 4. The number of ketones is 2. The predicted octanol–water partition coefficient (Wildman–Crippen LogP) is 0.342. The van der Waals surface area contributed by atoms with Crippen LogP contribution in [0.1, 0.15) is 39.9 Å². The molecule has 1 saturated carbocycles. The molecule has 5 rings (SSSR count). The Hall–Kier alpha value is -4.45. The molecule has 36 heavy (non-hydrogen) atoms. The fraction of sp³-hybridized carbons (Fsp3) is 0.292. The number of aromatic nitrogens is 1. The minimum Gasteiger partial charge on any atom is -0.508 e. The molecule has 186 valence electrons. The molecule has 3 aliphatic rings. The molecule has 1 aromatic heterocycles. The molecule has 3 aliphatic carbocycles. The molecule has 7 N–H and O–H groups in total. The summed E-state index contributed by atoms with van der Waals surface area (Å²) in [4.78, 5) is 49.9. The highest BCUT2D eigenvalue weighted by Crippen LogP contribution is 2.52. The van der Waals surface area contributed by atoms with E-state index >= 15 is 0 Å². The van der Waals surface area contributed by atoms with E-state index in [1.807, 2.05) is 0 Å². The maximum atomic E-state index is 13.5. The van der Waals surface area contributed by atoms with Gasteiger partial charge in [-0.2, -0.15) is 0 Å². The van der Waals surface area contributed by atoms with Crippen LogP contribution in [0.15, 0.2) is 46.0 Å². The number of carbonyl (C=O) groups is 4. The highest BCUT2D eigenvalue weighted by atomic mass is 16.5. The van der Waals surface area contributed by atoms with Crippen LogP contribution in [0.2, 0.25) is 0 Å².